The first kappa shape index (κ1) is 33.1. The number of pyridine rings is 1. The second-order valence-electron chi connectivity index (χ2n) is 14.5. The lowest BCUT2D eigenvalue weighted by Crippen LogP contribution is -2.51. The number of anilines is 2. The van der Waals surface area contributed by atoms with E-state index in [1.54, 1.807) is 11.0 Å². The van der Waals surface area contributed by atoms with Crippen LogP contribution in [0.25, 0.3) is 17.0 Å². The van der Waals surface area contributed by atoms with Gasteiger partial charge in [0.15, 0.2) is 5.82 Å². The molecule has 4 aliphatic rings. The zero-order valence-corrected chi connectivity index (χ0v) is 29.5. The number of carbonyl (C=O) groups excluding carboxylic acids is 2. The summed E-state index contributed by atoms with van der Waals surface area (Å²) in [6.07, 6.45) is 9.14. The summed E-state index contributed by atoms with van der Waals surface area (Å²) in [5.41, 5.74) is 13.6. The Kier molecular flexibility index (Phi) is 8.81. The lowest BCUT2D eigenvalue weighted by Gasteiger charge is -2.39. The number of hydrazine groups is 1. The monoisotopic (exact) mass is 687 g/mol. The molecule has 2 saturated heterocycles. The van der Waals surface area contributed by atoms with Crippen molar-refractivity contribution in [2.24, 2.45) is 12.5 Å². The van der Waals surface area contributed by atoms with Crippen molar-refractivity contribution in [2.75, 3.05) is 49.6 Å². The molecule has 2 amide bonds. The topological polar surface area (TPSA) is 121 Å². The van der Waals surface area contributed by atoms with Gasteiger partial charge in [-0.15, -0.1) is 0 Å². The Bertz CT molecular complexity index is 1960. The van der Waals surface area contributed by atoms with Crippen molar-refractivity contribution >= 4 is 28.8 Å². The minimum Gasteiger partial charge on any atom is -0.475 e. The molecule has 1 spiro atoms. The first-order chi connectivity index (χ1) is 24.7. The second-order valence-corrected chi connectivity index (χ2v) is 14.5. The Morgan fingerprint density at radius 3 is 2.59 bits per heavy atom. The van der Waals surface area contributed by atoms with Crippen molar-refractivity contribution in [3.05, 3.63) is 89.9 Å². The molecule has 2 atom stereocenters. The molecule has 264 valence electrons. The minimum absolute atomic E-state index is 0.0592. The number of amides is 2. The third-order valence-corrected chi connectivity index (χ3v) is 10.7. The molecule has 4 aromatic rings. The van der Waals surface area contributed by atoms with Gasteiger partial charge in [-0.25, -0.2) is 15.4 Å². The summed E-state index contributed by atoms with van der Waals surface area (Å²) in [7, 11) is 1.86. The smallest absolute Gasteiger partial charge is 0.237 e. The van der Waals surface area contributed by atoms with Crippen LogP contribution in [-0.4, -0.2) is 86.7 Å². The number of ether oxygens (including phenoxy) is 1. The molecule has 2 N–H and O–H groups in total. The van der Waals surface area contributed by atoms with Crippen molar-refractivity contribution in [1.29, 1.82) is 0 Å². The quantitative estimate of drug-likeness (QED) is 0.269. The van der Waals surface area contributed by atoms with Crippen LogP contribution < -0.4 is 20.5 Å². The molecule has 2 fully saturated rings. The minimum atomic E-state index is -0.463. The van der Waals surface area contributed by atoms with Crippen LogP contribution in [0.15, 0.2) is 73.2 Å². The second kappa shape index (κ2) is 13.6. The summed E-state index contributed by atoms with van der Waals surface area (Å²) in [5.74, 6) is 1.61. The fourth-order valence-corrected chi connectivity index (χ4v) is 7.98. The van der Waals surface area contributed by atoms with Gasteiger partial charge in [0.05, 0.1) is 29.8 Å². The highest BCUT2D eigenvalue weighted by atomic mass is 16.5. The van der Waals surface area contributed by atoms with E-state index in [0.29, 0.717) is 44.4 Å². The number of benzene rings is 2. The van der Waals surface area contributed by atoms with Crippen LogP contribution in [0.4, 0.5) is 11.4 Å². The van der Waals surface area contributed by atoms with Crippen molar-refractivity contribution in [1.82, 2.24) is 35.0 Å². The average molecular weight is 688 g/mol. The number of likely N-dealkylation sites (tertiary alicyclic amines) is 1. The zero-order valence-electron chi connectivity index (χ0n) is 29.5. The molecular formula is C39H45N9O3. The normalized spacial score (nSPS) is 22.0. The van der Waals surface area contributed by atoms with Gasteiger partial charge >= 0.3 is 0 Å². The van der Waals surface area contributed by atoms with E-state index in [9.17, 15) is 9.59 Å². The van der Waals surface area contributed by atoms with Crippen LogP contribution in [0.5, 0.6) is 5.88 Å². The van der Waals surface area contributed by atoms with Gasteiger partial charge in [-0.3, -0.25) is 19.2 Å². The third kappa shape index (κ3) is 6.61. The number of aryl methyl sites for hydroxylation is 1. The van der Waals surface area contributed by atoms with E-state index in [0.717, 1.165) is 65.9 Å². The molecule has 0 bridgehead atoms. The Labute approximate surface area is 298 Å². The molecule has 0 radical (unpaired) electrons. The van der Waals surface area contributed by atoms with E-state index >= 15 is 0 Å². The van der Waals surface area contributed by atoms with Gasteiger partial charge in [0.25, 0.3) is 0 Å². The van der Waals surface area contributed by atoms with Crippen LogP contribution in [0.3, 0.4) is 0 Å². The zero-order chi connectivity index (χ0) is 35.1. The molecule has 2 aromatic carbocycles. The molecule has 0 aliphatic carbocycles. The molecule has 4 aliphatic heterocycles. The predicted molar refractivity (Wildman–Crippen MR) is 196 cm³/mol. The Morgan fingerprint density at radius 1 is 1.02 bits per heavy atom. The largest absolute Gasteiger partial charge is 0.475 e. The lowest BCUT2D eigenvalue weighted by molar-refractivity contribution is -0.133. The van der Waals surface area contributed by atoms with Crippen LogP contribution in [-0.2, 0) is 16.6 Å². The maximum Gasteiger partial charge on any atom is 0.237 e. The van der Waals surface area contributed by atoms with Crippen LogP contribution in [0, 0.1) is 5.41 Å². The number of hydrogen-bond donors (Lipinski definition) is 2. The number of nitrogens with one attached hydrogen (secondary N) is 2. The van der Waals surface area contributed by atoms with Crippen molar-refractivity contribution in [3.63, 3.8) is 0 Å². The van der Waals surface area contributed by atoms with Crippen LogP contribution >= 0.6 is 0 Å². The van der Waals surface area contributed by atoms with E-state index < -0.39 is 5.41 Å². The molecule has 12 nitrogen and oxygen atoms in total. The highest BCUT2D eigenvalue weighted by molar-refractivity contribution is 5.99. The molecule has 51 heavy (non-hydrogen) atoms. The number of piperidine rings is 1. The number of fused-ring (bicyclic) bond motifs is 1. The number of aromatic nitrogens is 4. The van der Waals surface area contributed by atoms with Gasteiger partial charge in [-0.2, -0.15) is 5.10 Å². The van der Waals surface area contributed by atoms with E-state index in [1.165, 1.54) is 5.57 Å². The van der Waals surface area contributed by atoms with E-state index in [2.05, 4.69) is 67.2 Å². The average Bonchev–Trinajstić information content (AvgIpc) is 3.88. The predicted octanol–water partition coefficient (Wildman–Crippen LogP) is 4.82. The Morgan fingerprint density at radius 2 is 1.86 bits per heavy atom. The summed E-state index contributed by atoms with van der Waals surface area (Å²) in [4.78, 5) is 42.7. The molecule has 0 saturated carbocycles. The van der Waals surface area contributed by atoms with E-state index in [4.69, 9.17) is 4.74 Å². The molecule has 2 unspecified atom stereocenters. The van der Waals surface area contributed by atoms with Gasteiger partial charge in [0.2, 0.25) is 17.7 Å². The third-order valence-electron chi connectivity index (χ3n) is 10.7. The van der Waals surface area contributed by atoms with Gasteiger partial charge in [-0.1, -0.05) is 36.4 Å². The maximum absolute atomic E-state index is 14.3. The SMILES string of the molecule is CC(C)Oc1ccc(C2NNc3ccc(N4CCCC5(CCN(CC(=O)N6CC=C(c7ccc(-c8ncn(C)n8)cc7)CC6)C5)C4=O)cc32)cn1. The van der Waals surface area contributed by atoms with Crippen LogP contribution in [0.2, 0.25) is 0 Å². The molecule has 6 heterocycles. The molecular weight excluding hydrogens is 642 g/mol. The van der Waals surface area contributed by atoms with Crippen molar-refractivity contribution < 1.29 is 14.3 Å². The summed E-state index contributed by atoms with van der Waals surface area (Å²) in [5, 5.41) is 4.39. The van der Waals surface area contributed by atoms with Crippen molar-refractivity contribution in [3.8, 4) is 17.3 Å². The highest BCUT2D eigenvalue weighted by Gasteiger charge is 2.49. The van der Waals surface area contributed by atoms with Gasteiger partial charge in [0, 0.05) is 62.3 Å². The highest BCUT2D eigenvalue weighted by Crippen LogP contribution is 2.43. The first-order valence-electron chi connectivity index (χ1n) is 18.0. The fourth-order valence-electron chi connectivity index (χ4n) is 7.98. The van der Waals surface area contributed by atoms with Gasteiger partial charge < -0.3 is 20.0 Å². The Hall–Kier alpha value is -5.07. The standard InChI is InChI=1S/C39H45N9O3/c1-26(2)51-34-12-9-30(22-40-34)36-32-21-31(10-11-33(32)42-43-36)48-17-4-15-39(38(48)50)16-20-46(24-39)23-35(49)47-18-13-28(14-19-47)27-5-7-29(8-6-27)37-41-25-45(3)44-37/h5-13,21-22,25-26,36,42-43H,4,14-20,23-24H2,1-3H3. The summed E-state index contributed by atoms with van der Waals surface area (Å²) in [6, 6.07) is 18.4. The molecule has 2 aromatic heterocycles. The first-order valence-corrected chi connectivity index (χ1v) is 18.0. The van der Waals surface area contributed by atoms with Gasteiger partial charge in [0.1, 0.15) is 6.33 Å². The van der Waals surface area contributed by atoms with E-state index in [1.807, 2.05) is 61.2 Å². The maximum atomic E-state index is 14.3. The lowest BCUT2D eigenvalue weighted by atomic mass is 9.78. The van der Waals surface area contributed by atoms with Crippen LogP contribution in [0.1, 0.15) is 62.3 Å². The molecule has 12 heteroatoms. The summed E-state index contributed by atoms with van der Waals surface area (Å²) in [6.45, 7) is 7.66. The Balaban J connectivity index is 0.889. The summed E-state index contributed by atoms with van der Waals surface area (Å²) < 4.78 is 7.43. The van der Waals surface area contributed by atoms with Gasteiger partial charge in [-0.05, 0) is 81.0 Å². The number of carbonyl (C=O) groups is 2. The van der Waals surface area contributed by atoms with Crippen molar-refractivity contribution in [2.45, 2.75) is 51.7 Å². The number of rotatable bonds is 8. The number of hydrogen-bond acceptors (Lipinski definition) is 9. The van der Waals surface area contributed by atoms with E-state index in [-0.39, 0.29) is 24.0 Å². The summed E-state index contributed by atoms with van der Waals surface area (Å²) >= 11 is 0. The fraction of sp³-hybridized carbons (Fsp3) is 0.410. The molecule has 8 rings (SSSR count). The number of nitrogens with zero attached hydrogens (tertiary/aromatic N) is 7.